The molecule has 0 saturated heterocycles. The number of carbonyl (C=O) groups is 1. The number of benzene rings is 3. The van der Waals surface area contributed by atoms with Crippen LogP contribution in [-0.2, 0) is 4.79 Å². The summed E-state index contributed by atoms with van der Waals surface area (Å²) in [5.41, 5.74) is 1.64. The minimum absolute atomic E-state index is 0.305. The van der Waals surface area contributed by atoms with Gasteiger partial charge < -0.3 is 24.4 Å². The summed E-state index contributed by atoms with van der Waals surface area (Å²) in [7, 11) is 5.54. The van der Waals surface area contributed by atoms with Gasteiger partial charge in [-0.15, -0.1) is 11.8 Å². The van der Waals surface area contributed by atoms with E-state index in [1.54, 1.807) is 12.0 Å². The molecule has 3 aromatic rings. The minimum atomic E-state index is -1.18. The molecular weight excluding hydrogens is 436 g/mol. The quantitative estimate of drug-likeness (QED) is 0.552. The van der Waals surface area contributed by atoms with Crippen LogP contribution in [0.15, 0.2) is 77.7 Å². The van der Waals surface area contributed by atoms with E-state index in [2.05, 4.69) is 0 Å². The Kier molecular flexibility index (Phi) is 7.23. The highest BCUT2D eigenvalue weighted by Gasteiger charge is 2.37. The second-order valence-corrected chi connectivity index (χ2v) is 9.28. The highest BCUT2D eigenvalue weighted by molar-refractivity contribution is 7.99. The van der Waals surface area contributed by atoms with Gasteiger partial charge in [0, 0.05) is 18.0 Å². The van der Waals surface area contributed by atoms with Crippen LogP contribution >= 0.6 is 11.8 Å². The molecule has 0 aliphatic carbocycles. The van der Waals surface area contributed by atoms with E-state index in [1.165, 1.54) is 11.8 Å². The minimum Gasteiger partial charge on any atom is -0.497 e. The second-order valence-electron chi connectivity index (χ2n) is 8.09. The second kappa shape index (κ2) is 10.3. The maximum absolute atomic E-state index is 13.4. The van der Waals surface area contributed by atoms with E-state index in [0.717, 1.165) is 27.6 Å². The number of amides is 1. The fourth-order valence-electron chi connectivity index (χ4n) is 3.68. The van der Waals surface area contributed by atoms with Crippen molar-refractivity contribution in [1.29, 1.82) is 0 Å². The van der Waals surface area contributed by atoms with E-state index in [0.29, 0.717) is 18.8 Å². The summed E-state index contributed by atoms with van der Waals surface area (Å²) >= 11 is 1.47. The Bertz CT molecular complexity index is 1090. The molecule has 33 heavy (non-hydrogen) atoms. The normalized spacial score (nSPS) is 18.1. The molecule has 4 rings (SSSR count). The number of ether oxygens (including phenoxy) is 2. The first kappa shape index (κ1) is 23.2. The lowest BCUT2D eigenvalue weighted by atomic mass is 10.1. The number of nitrogens with zero attached hydrogens (tertiary/aromatic N) is 2. The van der Waals surface area contributed by atoms with Crippen molar-refractivity contribution in [2.45, 2.75) is 16.2 Å². The monoisotopic (exact) mass is 464 g/mol. The van der Waals surface area contributed by atoms with Crippen molar-refractivity contribution in [2.24, 2.45) is 0 Å². The number of hydrogen-bond acceptors (Lipinski definition) is 6. The molecule has 1 aliphatic heterocycles. The SMILES string of the molecule is COc1ccc([C@@H]2Sc3cc(Oc4ccccc4)ccc3N(CCN(C)C)C(=O)[C@@H]2O)cc1. The van der Waals surface area contributed by atoms with Crippen LogP contribution in [0.2, 0.25) is 0 Å². The van der Waals surface area contributed by atoms with Gasteiger partial charge >= 0.3 is 0 Å². The van der Waals surface area contributed by atoms with Gasteiger partial charge in [0.25, 0.3) is 5.91 Å². The number of fused-ring (bicyclic) bond motifs is 1. The first-order chi connectivity index (χ1) is 16.0. The van der Waals surface area contributed by atoms with E-state index in [4.69, 9.17) is 9.47 Å². The number of aliphatic hydroxyl groups excluding tert-OH is 1. The molecule has 0 spiro atoms. The number of hydrogen-bond donors (Lipinski definition) is 1. The summed E-state index contributed by atoms with van der Waals surface area (Å²) in [5.74, 6) is 1.84. The summed E-state index contributed by atoms with van der Waals surface area (Å²) in [6.07, 6.45) is -1.18. The topological polar surface area (TPSA) is 62.2 Å². The molecule has 1 amide bonds. The molecule has 0 saturated carbocycles. The van der Waals surface area contributed by atoms with Gasteiger partial charge in [0.2, 0.25) is 0 Å². The summed E-state index contributed by atoms with van der Waals surface area (Å²) in [5, 5.41) is 10.7. The molecule has 0 bridgehead atoms. The predicted molar refractivity (Wildman–Crippen MR) is 131 cm³/mol. The van der Waals surface area contributed by atoms with Crippen molar-refractivity contribution in [3.8, 4) is 17.2 Å². The largest absolute Gasteiger partial charge is 0.497 e. The van der Waals surface area contributed by atoms with E-state index in [9.17, 15) is 9.90 Å². The number of methoxy groups -OCH3 is 1. The number of thioether (sulfide) groups is 1. The molecule has 3 aromatic carbocycles. The number of likely N-dealkylation sites (N-methyl/N-ethyl adjacent to an activating group) is 1. The third kappa shape index (κ3) is 5.33. The Morgan fingerprint density at radius 1 is 0.970 bits per heavy atom. The molecule has 2 atom stereocenters. The smallest absolute Gasteiger partial charge is 0.257 e. The van der Waals surface area contributed by atoms with Gasteiger partial charge in [0.1, 0.15) is 23.4 Å². The Hall–Kier alpha value is -3.00. The maximum atomic E-state index is 13.4. The molecule has 0 radical (unpaired) electrons. The Balaban J connectivity index is 1.72. The average molecular weight is 465 g/mol. The third-order valence-corrected chi connectivity index (χ3v) is 6.84. The lowest BCUT2D eigenvalue weighted by Gasteiger charge is -2.26. The van der Waals surface area contributed by atoms with Crippen molar-refractivity contribution in [1.82, 2.24) is 4.90 Å². The molecular formula is C26H28N2O4S. The van der Waals surface area contributed by atoms with Gasteiger partial charge in [-0.3, -0.25) is 4.79 Å². The standard InChI is InChI=1S/C26H28N2O4S/c1-27(2)15-16-28-22-14-13-21(32-20-7-5-4-6-8-20)17-23(22)33-25(24(29)26(28)30)18-9-11-19(31-3)12-10-18/h4-14,17,24-25,29H,15-16H2,1-3H3/t24-,25+/m1/s1. The Morgan fingerprint density at radius 2 is 1.67 bits per heavy atom. The lowest BCUT2D eigenvalue weighted by Crippen LogP contribution is -2.43. The van der Waals surface area contributed by atoms with Crippen LogP contribution in [0.4, 0.5) is 5.69 Å². The molecule has 1 aliphatic rings. The number of para-hydroxylation sites is 1. The molecule has 0 unspecified atom stereocenters. The van der Waals surface area contributed by atoms with E-state index in [-0.39, 0.29) is 5.91 Å². The van der Waals surface area contributed by atoms with E-state index in [1.807, 2.05) is 91.8 Å². The van der Waals surface area contributed by atoms with Crippen LogP contribution in [0, 0.1) is 0 Å². The van der Waals surface area contributed by atoms with Gasteiger partial charge in [0.05, 0.1) is 18.0 Å². The fourth-order valence-corrected chi connectivity index (χ4v) is 4.98. The zero-order chi connectivity index (χ0) is 23.4. The molecule has 1 heterocycles. The van der Waals surface area contributed by atoms with Crippen LogP contribution in [-0.4, -0.2) is 56.3 Å². The van der Waals surface area contributed by atoms with Gasteiger partial charge in [-0.1, -0.05) is 30.3 Å². The zero-order valence-corrected chi connectivity index (χ0v) is 19.8. The molecule has 7 heteroatoms. The van der Waals surface area contributed by atoms with Gasteiger partial charge in [-0.05, 0) is 62.1 Å². The number of carbonyl (C=O) groups excluding carboxylic acids is 1. The summed E-state index contributed by atoms with van der Waals surface area (Å²) < 4.78 is 11.3. The predicted octanol–water partition coefficient (Wildman–Crippen LogP) is 4.59. The lowest BCUT2D eigenvalue weighted by molar-refractivity contribution is -0.126. The summed E-state index contributed by atoms with van der Waals surface area (Å²) in [6.45, 7) is 1.16. The molecule has 0 fully saturated rings. The van der Waals surface area contributed by atoms with Crippen molar-refractivity contribution >= 4 is 23.4 Å². The fraction of sp³-hybridized carbons (Fsp3) is 0.269. The third-order valence-electron chi connectivity index (χ3n) is 5.48. The molecule has 0 aromatic heterocycles. The van der Waals surface area contributed by atoms with Gasteiger partial charge in [-0.2, -0.15) is 0 Å². The summed E-state index contributed by atoms with van der Waals surface area (Å²) in [4.78, 5) is 18.0. The summed E-state index contributed by atoms with van der Waals surface area (Å²) in [6, 6.07) is 22.8. The Labute approximate surface area is 198 Å². The van der Waals surface area contributed by atoms with E-state index < -0.39 is 11.4 Å². The average Bonchev–Trinajstić information content (AvgIpc) is 2.93. The number of rotatable bonds is 7. The number of anilines is 1. The maximum Gasteiger partial charge on any atom is 0.257 e. The van der Waals surface area contributed by atoms with E-state index >= 15 is 0 Å². The van der Waals surface area contributed by atoms with Crippen molar-refractivity contribution in [2.75, 3.05) is 39.2 Å². The van der Waals surface area contributed by atoms with Crippen LogP contribution in [0.25, 0.3) is 0 Å². The first-order valence-electron chi connectivity index (χ1n) is 10.8. The zero-order valence-electron chi connectivity index (χ0n) is 19.0. The van der Waals surface area contributed by atoms with Crippen molar-refractivity contribution in [3.05, 3.63) is 78.4 Å². The van der Waals surface area contributed by atoms with Crippen molar-refractivity contribution in [3.63, 3.8) is 0 Å². The highest BCUT2D eigenvalue weighted by atomic mass is 32.2. The number of aliphatic hydroxyl groups is 1. The molecule has 172 valence electrons. The van der Waals surface area contributed by atoms with Crippen LogP contribution < -0.4 is 14.4 Å². The molecule has 6 nitrogen and oxygen atoms in total. The van der Waals surface area contributed by atoms with Crippen LogP contribution in [0.1, 0.15) is 10.8 Å². The van der Waals surface area contributed by atoms with Crippen molar-refractivity contribution < 1.29 is 19.4 Å². The van der Waals surface area contributed by atoms with Crippen LogP contribution in [0.5, 0.6) is 17.2 Å². The van der Waals surface area contributed by atoms with Gasteiger partial charge in [0.15, 0.2) is 0 Å². The Morgan fingerprint density at radius 3 is 2.33 bits per heavy atom. The first-order valence-corrected chi connectivity index (χ1v) is 11.7. The van der Waals surface area contributed by atoms with Gasteiger partial charge in [-0.25, -0.2) is 0 Å². The van der Waals surface area contributed by atoms with Crippen LogP contribution in [0.3, 0.4) is 0 Å². The highest BCUT2D eigenvalue weighted by Crippen LogP contribution is 2.47. The molecule has 1 N–H and O–H groups in total.